The Labute approximate surface area is 121 Å². The quantitative estimate of drug-likeness (QED) is 0.713. The summed E-state index contributed by atoms with van der Waals surface area (Å²) in [5, 5.41) is 8.66. The molecule has 0 heterocycles. The number of methoxy groups -OCH3 is 3. The largest absolute Gasteiger partial charge is 0.496 e. The van der Waals surface area contributed by atoms with Crippen molar-refractivity contribution in [3.8, 4) is 23.3 Å². The highest BCUT2D eigenvalue weighted by Crippen LogP contribution is 2.44. The number of unbranched alkanes of at least 4 members (excludes halogenated alkanes) is 1. The number of hydrogen-bond donors (Lipinski definition) is 0. The standard InChI is InChI=1S/C16H23NO3/c1-11(2)14-13(18-3)10-12(8-6-7-9-17)15(19-4)16(14)20-5/h10-11H,6-8H2,1-5H3. The molecule has 0 saturated heterocycles. The predicted octanol–water partition coefficient (Wildman–Crippen LogP) is 3.68. The van der Waals surface area contributed by atoms with Crippen LogP contribution in [0.4, 0.5) is 0 Å². The van der Waals surface area contributed by atoms with Gasteiger partial charge in [-0.2, -0.15) is 5.26 Å². The molecule has 1 rings (SSSR count). The highest BCUT2D eigenvalue weighted by Gasteiger charge is 2.22. The van der Waals surface area contributed by atoms with Crippen LogP contribution in [0.15, 0.2) is 6.07 Å². The van der Waals surface area contributed by atoms with Crippen LogP contribution in [0.1, 0.15) is 43.7 Å². The molecule has 0 aliphatic carbocycles. The van der Waals surface area contributed by atoms with E-state index in [1.54, 1.807) is 21.3 Å². The van der Waals surface area contributed by atoms with E-state index in [-0.39, 0.29) is 5.92 Å². The first-order chi connectivity index (χ1) is 9.60. The summed E-state index contributed by atoms with van der Waals surface area (Å²) in [7, 11) is 4.94. The summed E-state index contributed by atoms with van der Waals surface area (Å²) in [6.45, 7) is 4.18. The van der Waals surface area contributed by atoms with E-state index in [0.29, 0.717) is 6.42 Å². The van der Waals surface area contributed by atoms with Crippen LogP contribution in [0.25, 0.3) is 0 Å². The fourth-order valence-corrected chi connectivity index (χ4v) is 2.37. The van der Waals surface area contributed by atoms with Crippen molar-refractivity contribution in [2.45, 2.75) is 39.0 Å². The zero-order valence-electron chi connectivity index (χ0n) is 12.9. The maximum absolute atomic E-state index is 8.66. The van der Waals surface area contributed by atoms with E-state index in [1.165, 1.54) is 0 Å². The van der Waals surface area contributed by atoms with Crippen LogP contribution in [0.3, 0.4) is 0 Å². The minimum absolute atomic E-state index is 0.266. The molecule has 4 heteroatoms. The molecule has 0 atom stereocenters. The molecule has 0 unspecified atom stereocenters. The number of hydrogen-bond acceptors (Lipinski definition) is 4. The zero-order valence-corrected chi connectivity index (χ0v) is 12.9. The lowest BCUT2D eigenvalue weighted by Crippen LogP contribution is -2.04. The van der Waals surface area contributed by atoms with Crippen molar-refractivity contribution >= 4 is 0 Å². The van der Waals surface area contributed by atoms with Crippen LogP contribution in [0.2, 0.25) is 0 Å². The lowest BCUT2D eigenvalue weighted by molar-refractivity contribution is 0.338. The maximum Gasteiger partial charge on any atom is 0.168 e. The SMILES string of the molecule is COc1cc(CCCC#N)c(OC)c(OC)c1C(C)C. The van der Waals surface area contributed by atoms with Gasteiger partial charge >= 0.3 is 0 Å². The Balaban J connectivity index is 3.35. The first-order valence-corrected chi connectivity index (χ1v) is 6.79. The van der Waals surface area contributed by atoms with Crippen molar-refractivity contribution < 1.29 is 14.2 Å². The van der Waals surface area contributed by atoms with E-state index in [1.807, 2.05) is 6.07 Å². The van der Waals surface area contributed by atoms with Crippen LogP contribution in [-0.2, 0) is 6.42 Å². The Morgan fingerprint density at radius 3 is 2.20 bits per heavy atom. The molecule has 0 N–H and O–H groups in total. The van der Waals surface area contributed by atoms with E-state index < -0.39 is 0 Å². The summed E-state index contributed by atoms with van der Waals surface area (Å²) in [4.78, 5) is 0. The maximum atomic E-state index is 8.66. The van der Waals surface area contributed by atoms with Gasteiger partial charge in [0.2, 0.25) is 0 Å². The highest BCUT2D eigenvalue weighted by molar-refractivity contribution is 5.59. The first kappa shape index (κ1) is 16.2. The zero-order chi connectivity index (χ0) is 15.1. The molecule has 0 fully saturated rings. The van der Waals surface area contributed by atoms with E-state index >= 15 is 0 Å². The van der Waals surface area contributed by atoms with Crippen molar-refractivity contribution in [1.29, 1.82) is 5.26 Å². The molecule has 20 heavy (non-hydrogen) atoms. The Hall–Kier alpha value is -1.89. The van der Waals surface area contributed by atoms with Gasteiger partial charge in [0.1, 0.15) is 5.75 Å². The smallest absolute Gasteiger partial charge is 0.168 e. The molecule has 1 aromatic carbocycles. The third-order valence-corrected chi connectivity index (χ3v) is 3.25. The topological polar surface area (TPSA) is 51.5 Å². The fraction of sp³-hybridized carbons (Fsp3) is 0.562. The van der Waals surface area contributed by atoms with E-state index in [9.17, 15) is 0 Å². The van der Waals surface area contributed by atoms with Gasteiger partial charge in [-0.3, -0.25) is 0 Å². The molecule has 4 nitrogen and oxygen atoms in total. The van der Waals surface area contributed by atoms with Gasteiger partial charge in [0.05, 0.1) is 27.4 Å². The van der Waals surface area contributed by atoms with Gasteiger partial charge in [0.25, 0.3) is 0 Å². The number of rotatable bonds is 7. The van der Waals surface area contributed by atoms with Gasteiger partial charge in [-0.15, -0.1) is 0 Å². The summed E-state index contributed by atoms with van der Waals surface area (Å²) in [6.07, 6.45) is 2.09. The molecule has 0 saturated carbocycles. The van der Waals surface area contributed by atoms with Crippen molar-refractivity contribution in [3.63, 3.8) is 0 Å². The first-order valence-electron chi connectivity index (χ1n) is 6.79. The van der Waals surface area contributed by atoms with Gasteiger partial charge in [-0.05, 0) is 24.8 Å². The molecule has 0 aliphatic rings. The van der Waals surface area contributed by atoms with Gasteiger partial charge in [-0.1, -0.05) is 13.8 Å². The number of ether oxygens (including phenoxy) is 3. The number of nitriles is 1. The molecule has 1 aromatic rings. The minimum Gasteiger partial charge on any atom is -0.496 e. The van der Waals surface area contributed by atoms with Crippen LogP contribution in [0, 0.1) is 11.3 Å². The molecule has 0 radical (unpaired) electrons. The second-order valence-corrected chi connectivity index (χ2v) is 4.88. The summed E-state index contributed by atoms with van der Waals surface area (Å²) < 4.78 is 16.6. The van der Waals surface area contributed by atoms with Crippen LogP contribution in [0.5, 0.6) is 17.2 Å². The Bertz CT molecular complexity index is 489. The van der Waals surface area contributed by atoms with Gasteiger partial charge in [0, 0.05) is 17.5 Å². The fourth-order valence-electron chi connectivity index (χ4n) is 2.37. The van der Waals surface area contributed by atoms with Crippen molar-refractivity contribution in [2.75, 3.05) is 21.3 Å². The second-order valence-electron chi connectivity index (χ2n) is 4.88. The molecule has 0 spiro atoms. The van der Waals surface area contributed by atoms with Gasteiger partial charge in [-0.25, -0.2) is 0 Å². The van der Waals surface area contributed by atoms with E-state index in [0.717, 1.165) is 41.2 Å². The molecule has 0 aliphatic heterocycles. The van der Waals surface area contributed by atoms with Crippen LogP contribution < -0.4 is 14.2 Å². The number of nitrogens with zero attached hydrogens (tertiary/aromatic N) is 1. The molecular formula is C16H23NO3. The van der Waals surface area contributed by atoms with E-state index in [2.05, 4.69) is 19.9 Å². The average Bonchev–Trinajstić information content (AvgIpc) is 2.45. The van der Waals surface area contributed by atoms with Crippen molar-refractivity contribution in [1.82, 2.24) is 0 Å². The summed E-state index contributed by atoms with van der Waals surface area (Å²) in [6, 6.07) is 4.15. The molecule has 0 amide bonds. The third kappa shape index (κ3) is 3.36. The van der Waals surface area contributed by atoms with Gasteiger partial charge < -0.3 is 14.2 Å². The molecular weight excluding hydrogens is 254 g/mol. The lowest BCUT2D eigenvalue weighted by Gasteiger charge is -2.21. The predicted molar refractivity (Wildman–Crippen MR) is 78.7 cm³/mol. The average molecular weight is 277 g/mol. The normalized spacial score (nSPS) is 10.2. The summed E-state index contributed by atoms with van der Waals surface area (Å²) in [5.74, 6) is 2.55. The molecule has 0 aromatic heterocycles. The summed E-state index contributed by atoms with van der Waals surface area (Å²) >= 11 is 0. The number of benzene rings is 1. The Kier molecular flexibility index (Phi) is 6.17. The highest BCUT2D eigenvalue weighted by atomic mass is 16.5. The van der Waals surface area contributed by atoms with Crippen LogP contribution >= 0.6 is 0 Å². The third-order valence-electron chi connectivity index (χ3n) is 3.25. The summed E-state index contributed by atoms with van der Waals surface area (Å²) in [5.41, 5.74) is 2.02. The molecule has 0 bridgehead atoms. The minimum atomic E-state index is 0.266. The lowest BCUT2D eigenvalue weighted by atomic mass is 9.96. The van der Waals surface area contributed by atoms with Crippen LogP contribution in [-0.4, -0.2) is 21.3 Å². The van der Waals surface area contributed by atoms with Crippen molar-refractivity contribution in [3.05, 3.63) is 17.2 Å². The Morgan fingerprint density at radius 2 is 1.75 bits per heavy atom. The second kappa shape index (κ2) is 7.64. The monoisotopic (exact) mass is 277 g/mol. The van der Waals surface area contributed by atoms with Gasteiger partial charge in [0.15, 0.2) is 11.5 Å². The van der Waals surface area contributed by atoms with Crippen molar-refractivity contribution in [2.24, 2.45) is 0 Å². The number of aryl methyl sites for hydroxylation is 1. The Morgan fingerprint density at radius 1 is 1.10 bits per heavy atom. The van der Waals surface area contributed by atoms with E-state index in [4.69, 9.17) is 19.5 Å². The molecule has 110 valence electrons.